The zero-order chi connectivity index (χ0) is 27.2. The van der Waals surface area contributed by atoms with Gasteiger partial charge >= 0.3 is 5.97 Å². The van der Waals surface area contributed by atoms with E-state index < -0.39 is 0 Å². The molecule has 4 saturated carbocycles. The van der Waals surface area contributed by atoms with Crippen molar-refractivity contribution in [2.75, 3.05) is 0 Å². The van der Waals surface area contributed by atoms with Gasteiger partial charge in [0.2, 0.25) is 0 Å². The summed E-state index contributed by atoms with van der Waals surface area (Å²) in [5, 5.41) is 0. The van der Waals surface area contributed by atoms with Gasteiger partial charge in [0.05, 0.1) is 5.56 Å². The van der Waals surface area contributed by atoms with Gasteiger partial charge < -0.3 is 4.74 Å². The maximum atomic E-state index is 12.9. The number of fused-ring (bicyclic) bond motifs is 5. The lowest BCUT2D eigenvalue weighted by Gasteiger charge is -2.62. The molecule has 10 atom stereocenters. The summed E-state index contributed by atoms with van der Waals surface area (Å²) in [5.41, 5.74) is 1.63. The molecule has 5 rings (SSSR count). The highest BCUT2D eigenvalue weighted by atomic mass is 79.9. The zero-order valence-corrected chi connectivity index (χ0v) is 26.6. The summed E-state index contributed by atoms with van der Waals surface area (Å²) in [6.45, 7) is 15.0. The summed E-state index contributed by atoms with van der Waals surface area (Å²) in [5.74, 6) is 6.32. The molecule has 4 aliphatic carbocycles. The maximum absolute atomic E-state index is 12.9. The normalized spacial score (nSPS) is 41.2. The van der Waals surface area contributed by atoms with Crippen LogP contribution in [-0.2, 0) is 4.74 Å². The number of halogens is 1. The van der Waals surface area contributed by atoms with Gasteiger partial charge in [0.1, 0.15) is 6.10 Å². The van der Waals surface area contributed by atoms with Crippen LogP contribution < -0.4 is 0 Å². The molecule has 4 aliphatic rings. The van der Waals surface area contributed by atoms with E-state index in [1.165, 1.54) is 64.2 Å². The van der Waals surface area contributed by atoms with Crippen LogP contribution in [0.15, 0.2) is 28.7 Å². The Hall–Kier alpha value is -0.830. The summed E-state index contributed by atoms with van der Waals surface area (Å²) < 4.78 is 7.17. The molecule has 38 heavy (non-hydrogen) atoms. The second-order valence-corrected chi connectivity index (χ2v) is 16.0. The molecule has 0 bridgehead atoms. The fourth-order valence-corrected chi connectivity index (χ4v) is 10.8. The number of carbonyl (C=O) groups is 1. The topological polar surface area (TPSA) is 26.3 Å². The minimum absolute atomic E-state index is 0.0529. The van der Waals surface area contributed by atoms with Gasteiger partial charge in [-0.25, -0.2) is 4.79 Å². The number of carbonyl (C=O) groups excluding carboxylic acids is 1. The van der Waals surface area contributed by atoms with E-state index >= 15 is 0 Å². The molecular weight excluding hydrogens is 532 g/mol. The minimum atomic E-state index is -0.153. The molecule has 0 aliphatic heterocycles. The third-order valence-electron chi connectivity index (χ3n) is 12.5. The van der Waals surface area contributed by atoms with Crippen LogP contribution in [0.2, 0.25) is 0 Å². The van der Waals surface area contributed by atoms with E-state index in [9.17, 15) is 4.79 Å². The Morgan fingerprint density at radius 1 is 0.974 bits per heavy atom. The third kappa shape index (κ3) is 5.28. The molecule has 0 unspecified atom stereocenters. The SMILES string of the molecule is CC(C)CCC[C@@H](C)[C@H]1CC[C@H]2[C@@H]3CC[C@H]4C[C@@H](OC(=O)c5ccc(Br)cc5)[C@H](C)C[C@]4(C)[C@H]3CC[C@]12C. The minimum Gasteiger partial charge on any atom is -0.458 e. The Morgan fingerprint density at radius 2 is 1.68 bits per heavy atom. The van der Waals surface area contributed by atoms with Crippen molar-refractivity contribution in [3.05, 3.63) is 34.3 Å². The molecule has 0 amide bonds. The van der Waals surface area contributed by atoms with E-state index in [0.29, 0.717) is 28.2 Å². The van der Waals surface area contributed by atoms with Crippen molar-refractivity contribution < 1.29 is 9.53 Å². The first-order valence-corrected chi connectivity index (χ1v) is 16.8. The standard InChI is InChI=1S/C35H53BrO2/c1-22(2)8-7-9-23(3)29-16-17-30-28-15-12-26-20-32(38-33(37)25-10-13-27(36)14-11-25)24(4)21-35(26,6)31(28)18-19-34(29,30)5/h10-11,13-14,22-24,26,28-32H,7-9,12,15-21H2,1-6H3/t23-,24-,26+,28+,29-,30+,31+,32-,34-,35+/m1/s1. The van der Waals surface area contributed by atoms with Crippen LogP contribution in [0.1, 0.15) is 123 Å². The molecule has 0 radical (unpaired) electrons. The lowest BCUT2D eigenvalue weighted by atomic mass is 9.43. The van der Waals surface area contributed by atoms with Crippen molar-refractivity contribution in [1.29, 1.82) is 0 Å². The summed E-state index contributed by atoms with van der Waals surface area (Å²) in [6, 6.07) is 7.59. The fraction of sp³-hybridized carbons (Fsp3) is 0.800. The molecule has 0 aromatic heterocycles. The van der Waals surface area contributed by atoms with Crippen molar-refractivity contribution in [3.63, 3.8) is 0 Å². The quantitative estimate of drug-likeness (QED) is 0.298. The van der Waals surface area contributed by atoms with E-state index in [1.54, 1.807) is 0 Å². The van der Waals surface area contributed by atoms with E-state index in [-0.39, 0.29) is 12.1 Å². The van der Waals surface area contributed by atoms with Crippen LogP contribution in [0.3, 0.4) is 0 Å². The van der Waals surface area contributed by atoms with Crippen LogP contribution >= 0.6 is 15.9 Å². The Bertz CT molecular complexity index is 971. The predicted octanol–water partition coefficient (Wildman–Crippen LogP) is 10.3. The third-order valence-corrected chi connectivity index (χ3v) is 13.0. The Balaban J connectivity index is 1.25. The van der Waals surface area contributed by atoms with Gasteiger partial charge in [0.25, 0.3) is 0 Å². The first kappa shape index (κ1) is 28.7. The second-order valence-electron chi connectivity index (χ2n) is 15.1. The Kier molecular flexibility index (Phi) is 8.46. The molecule has 3 heteroatoms. The van der Waals surface area contributed by atoms with Crippen LogP contribution in [0.5, 0.6) is 0 Å². The maximum Gasteiger partial charge on any atom is 0.338 e. The lowest BCUT2D eigenvalue weighted by molar-refractivity contribution is -0.143. The zero-order valence-electron chi connectivity index (χ0n) is 25.0. The molecule has 2 nitrogen and oxygen atoms in total. The number of rotatable bonds is 7. The molecule has 1 aromatic carbocycles. The second kappa shape index (κ2) is 11.2. The number of esters is 1. The highest BCUT2D eigenvalue weighted by Crippen LogP contribution is 2.68. The van der Waals surface area contributed by atoms with Gasteiger partial charge in [0.15, 0.2) is 0 Å². The monoisotopic (exact) mass is 584 g/mol. The van der Waals surface area contributed by atoms with Crippen molar-refractivity contribution in [3.8, 4) is 0 Å². The van der Waals surface area contributed by atoms with Crippen LogP contribution in [0.4, 0.5) is 0 Å². The molecular formula is C35H53BrO2. The van der Waals surface area contributed by atoms with Gasteiger partial charge in [-0.05, 0) is 134 Å². The summed E-state index contributed by atoms with van der Waals surface area (Å²) in [6.07, 6.45) is 15.1. The van der Waals surface area contributed by atoms with Gasteiger partial charge in [-0.15, -0.1) is 0 Å². The van der Waals surface area contributed by atoms with Crippen LogP contribution in [0, 0.1) is 58.2 Å². The molecule has 0 N–H and O–H groups in total. The molecule has 1 aromatic rings. The van der Waals surface area contributed by atoms with E-state index in [2.05, 4.69) is 57.5 Å². The van der Waals surface area contributed by atoms with Crippen LogP contribution in [0.25, 0.3) is 0 Å². The highest BCUT2D eigenvalue weighted by Gasteiger charge is 2.61. The van der Waals surface area contributed by atoms with E-state index in [0.717, 1.165) is 46.4 Å². The molecule has 0 spiro atoms. The van der Waals surface area contributed by atoms with E-state index in [1.807, 2.05) is 24.3 Å². The summed E-state index contributed by atoms with van der Waals surface area (Å²) >= 11 is 3.47. The number of hydrogen-bond acceptors (Lipinski definition) is 2. The molecule has 0 heterocycles. The van der Waals surface area contributed by atoms with Gasteiger partial charge in [0, 0.05) is 4.47 Å². The molecule has 212 valence electrons. The van der Waals surface area contributed by atoms with Crippen molar-refractivity contribution in [1.82, 2.24) is 0 Å². The smallest absolute Gasteiger partial charge is 0.338 e. The Labute approximate surface area is 241 Å². The number of hydrogen-bond donors (Lipinski definition) is 0. The van der Waals surface area contributed by atoms with Crippen molar-refractivity contribution in [2.24, 2.45) is 58.2 Å². The first-order valence-electron chi connectivity index (χ1n) is 16.0. The number of ether oxygens (including phenoxy) is 1. The van der Waals surface area contributed by atoms with Crippen molar-refractivity contribution >= 4 is 21.9 Å². The lowest BCUT2D eigenvalue weighted by Crippen LogP contribution is -2.55. The average molecular weight is 586 g/mol. The van der Waals surface area contributed by atoms with Crippen LogP contribution in [-0.4, -0.2) is 12.1 Å². The summed E-state index contributed by atoms with van der Waals surface area (Å²) in [4.78, 5) is 12.9. The Morgan fingerprint density at radius 3 is 2.39 bits per heavy atom. The van der Waals surface area contributed by atoms with Gasteiger partial charge in [-0.2, -0.15) is 0 Å². The first-order chi connectivity index (χ1) is 18.0. The van der Waals surface area contributed by atoms with E-state index in [4.69, 9.17) is 4.74 Å². The predicted molar refractivity (Wildman–Crippen MR) is 161 cm³/mol. The molecule has 4 fully saturated rings. The summed E-state index contributed by atoms with van der Waals surface area (Å²) in [7, 11) is 0. The van der Waals surface area contributed by atoms with Gasteiger partial charge in [-0.1, -0.05) is 76.7 Å². The highest BCUT2D eigenvalue weighted by molar-refractivity contribution is 9.10. The fourth-order valence-electron chi connectivity index (χ4n) is 10.6. The van der Waals surface area contributed by atoms with Gasteiger partial charge in [-0.3, -0.25) is 0 Å². The largest absolute Gasteiger partial charge is 0.458 e. The molecule has 0 saturated heterocycles. The number of benzene rings is 1. The average Bonchev–Trinajstić information content (AvgIpc) is 3.22. The van der Waals surface area contributed by atoms with Crippen molar-refractivity contribution in [2.45, 2.75) is 118 Å².